The van der Waals surface area contributed by atoms with Crippen LogP contribution in [0.1, 0.15) is 33.6 Å². The summed E-state index contributed by atoms with van der Waals surface area (Å²) in [6, 6.07) is 0.134. The molecule has 1 heterocycles. The summed E-state index contributed by atoms with van der Waals surface area (Å²) in [5, 5.41) is 3.22. The van der Waals surface area contributed by atoms with Crippen molar-refractivity contribution in [2.24, 2.45) is 0 Å². The van der Waals surface area contributed by atoms with Gasteiger partial charge in [-0.3, -0.25) is 4.79 Å². The number of nitrogens with zero attached hydrogens (tertiary/aromatic N) is 2. The molecule has 1 rings (SSSR count). The highest BCUT2D eigenvalue weighted by Gasteiger charge is 2.30. The van der Waals surface area contributed by atoms with Gasteiger partial charge in [0.05, 0.1) is 0 Å². The number of nitrogens with one attached hydrogen (secondary N) is 1. The zero-order valence-corrected chi connectivity index (χ0v) is 13.6. The second kappa shape index (κ2) is 7.95. The smallest absolute Gasteiger partial charge is 0.239 e. The maximum Gasteiger partial charge on any atom is 0.239 e. The molecular formula is C13H27N3O3S. The van der Waals surface area contributed by atoms with E-state index in [0.29, 0.717) is 19.6 Å². The summed E-state index contributed by atoms with van der Waals surface area (Å²) in [7, 11) is -3.49. The molecule has 1 saturated heterocycles. The summed E-state index contributed by atoms with van der Waals surface area (Å²) in [5.41, 5.74) is 0. The van der Waals surface area contributed by atoms with Crippen LogP contribution in [0.2, 0.25) is 0 Å². The maximum atomic E-state index is 12.4. The van der Waals surface area contributed by atoms with Crippen molar-refractivity contribution in [1.29, 1.82) is 0 Å². The molecule has 0 aliphatic carbocycles. The molecule has 7 heteroatoms. The Balaban J connectivity index is 2.75. The van der Waals surface area contributed by atoms with E-state index in [-0.39, 0.29) is 11.9 Å². The molecule has 1 fully saturated rings. The molecule has 0 bridgehead atoms. The van der Waals surface area contributed by atoms with Crippen LogP contribution in [0.25, 0.3) is 0 Å². The van der Waals surface area contributed by atoms with E-state index in [0.717, 1.165) is 25.9 Å². The highest BCUT2D eigenvalue weighted by molar-refractivity contribution is 7.89. The van der Waals surface area contributed by atoms with Crippen LogP contribution in [-0.4, -0.2) is 68.0 Å². The molecule has 0 aromatic rings. The van der Waals surface area contributed by atoms with Gasteiger partial charge in [-0.25, -0.2) is 12.7 Å². The molecule has 1 aliphatic heterocycles. The van der Waals surface area contributed by atoms with Crippen LogP contribution in [0, 0.1) is 0 Å². The van der Waals surface area contributed by atoms with Gasteiger partial charge in [-0.15, -0.1) is 0 Å². The van der Waals surface area contributed by atoms with Crippen LogP contribution in [0.3, 0.4) is 0 Å². The lowest BCUT2D eigenvalue weighted by atomic mass is 10.2. The van der Waals surface area contributed by atoms with E-state index < -0.39 is 15.8 Å². The average Bonchev–Trinajstić information content (AvgIpc) is 2.89. The van der Waals surface area contributed by atoms with Crippen molar-refractivity contribution in [3.05, 3.63) is 0 Å². The first kappa shape index (κ1) is 17.4. The molecule has 118 valence electrons. The molecule has 0 aromatic heterocycles. The molecular weight excluding hydrogens is 278 g/mol. The van der Waals surface area contributed by atoms with Gasteiger partial charge >= 0.3 is 0 Å². The van der Waals surface area contributed by atoms with Crippen molar-refractivity contribution in [2.75, 3.05) is 38.5 Å². The summed E-state index contributed by atoms with van der Waals surface area (Å²) >= 11 is 0. The van der Waals surface area contributed by atoms with Crippen LogP contribution < -0.4 is 5.32 Å². The minimum atomic E-state index is -3.49. The maximum absolute atomic E-state index is 12.4. The van der Waals surface area contributed by atoms with E-state index in [1.165, 1.54) is 4.31 Å². The Bertz CT molecular complexity index is 401. The third kappa shape index (κ3) is 4.43. The van der Waals surface area contributed by atoms with Gasteiger partial charge in [-0.1, -0.05) is 20.8 Å². The van der Waals surface area contributed by atoms with Crippen LogP contribution in [0.5, 0.6) is 0 Å². The van der Waals surface area contributed by atoms with Gasteiger partial charge in [0.2, 0.25) is 15.9 Å². The Morgan fingerprint density at radius 2 is 1.90 bits per heavy atom. The first-order valence-electron chi connectivity index (χ1n) is 7.44. The summed E-state index contributed by atoms with van der Waals surface area (Å²) < 4.78 is 25.7. The minimum Gasteiger partial charge on any atom is -0.337 e. The fraction of sp³-hybridized carbons (Fsp3) is 0.923. The molecule has 6 nitrogen and oxygen atoms in total. The van der Waals surface area contributed by atoms with Crippen molar-refractivity contribution < 1.29 is 13.2 Å². The SMILES string of the molecule is CCCN(C(=O)CS(=O)(=O)N(CC)CC)C1CCNC1. The Morgan fingerprint density at radius 1 is 1.25 bits per heavy atom. The van der Waals surface area contributed by atoms with Gasteiger partial charge < -0.3 is 10.2 Å². The molecule has 1 amide bonds. The Labute approximate surface area is 122 Å². The van der Waals surface area contributed by atoms with Crippen LogP contribution in [0.4, 0.5) is 0 Å². The van der Waals surface area contributed by atoms with Gasteiger partial charge in [0.1, 0.15) is 5.75 Å². The molecule has 1 unspecified atom stereocenters. The standard InChI is InChI=1S/C13H27N3O3S/c1-4-9-16(12-7-8-14-10-12)13(17)11-20(18,19)15(5-2)6-3/h12,14H,4-11H2,1-3H3. The largest absolute Gasteiger partial charge is 0.337 e. The predicted molar refractivity (Wildman–Crippen MR) is 80.0 cm³/mol. The number of carbonyl (C=O) groups excluding carboxylic acids is 1. The van der Waals surface area contributed by atoms with Crippen molar-refractivity contribution in [3.8, 4) is 0 Å². The Morgan fingerprint density at radius 3 is 2.35 bits per heavy atom. The van der Waals surface area contributed by atoms with Crippen molar-refractivity contribution in [3.63, 3.8) is 0 Å². The number of hydrogen-bond donors (Lipinski definition) is 1. The van der Waals surface area contributed by atoms with E-state index >= 15 is 0 Å². The van der Waals surface area contributed by atoms with Gasteiger partial charge in [0, 0.05) is 32.2 Å². The van der Waals surface area contributed by atoms with E-state index in [9.17, 15) is 13.2 Å². The molecule has 1 N–H and O–H groups in total. The highest BCUT2D eigenvalue weighted by Crippen LogP contribution is 2.12. The number of amides is 1. The van der Waals surface area contributed by atoms with Crippen LogP contribution >= 0.6 is 0 Å². The van der Waals surface area contributed by atoms with Crippen molar-refractivity contribution in [2.45, 2.75) is 39.7 Å². The van der Waals surface area contributed by atoms with Gasteiger partial charge in [-0.05, 0) is 19.4 Å². The van der Waals surface area contributed by atoms with Gasteiger partial charge in [0.15, 0.2) is 0 Å². The lowest BCUT2D eigenvalue weighted by Gasteiger charge is -2.29. The lowest BCUT2D eigenvalue weighted by molar-refractivity contribution is -0.130. The van der Waals surface area contributed by atoms with E-state index in [1.807, 2.05) is 6.92 Å². The summed E-state index contributed by atoms with van der Waals surface area (Å²) in [5.74, 6) is -0.682. The topological polar surface area (TPSA) is 69.7 Å². The zero-order valence-electron chi connectivity index (χ0n) is 12.8. The number of hydrogen-bond acceptors (Lipinski definition) is 4. The number of sulfonamides is 1. The van der Waals surface area contributed by atoms with E-state index in [1.54, 1.807) is 18.7 Å². The summed E-state index contributed by atoms with van der Waals surface area (Å²) in [6.07, 6.45) is 1.74. The van der Waals surface area contributed by atoms with Crippen LogP contribution in [-0.2, 0) is 14.8 Å². The second-order valence-corrected chi connectivity index (χ2v) is 7.04. The molecule has 1 aliphatic rings. The molecule has 0 radical (unpaired) electrons. The van der Waals surface area contributed by atoms with Gasteiger partial charge in [-0.2, -0.15) is 0 Å². The highest BCUT2D eigenvalue weighted by atomic mass is 32.2. The Kier molecular flexibility index (Phi) is 6.91. The van der Waals surface area contributed by atoms with E-state index in [2.05, 4.69) is 5.32 Å². The lowest BCUT2D eigenvalue weighted by Crippen LogP contribution is -2.47. The number of carbonyl (C=O) groups is 1. The summed E-state index contributed by atoms with van der Waals surface area (Å²) in [6.45, 7) is 8.67. The first-order valence-corrected chi connectivity index (χ1v) is 9.05. The first-order chi connectivity index (χ1) is 9.46. The fourth-order valence-electron chi connectivity index (χ4n) is 2.60. The average molecular weight is 305 g/mol. The second-order valence-electron chi connectivity index (χ2n) is 5.07. The molecule has 1 atom stereocenters. The van der Waals surface area contributed by atoms with Crippen molar-refractivity contribution >= 4 is 15.9 Å². The third-order valence-corrected chi connectivity index (χ3v) is 5.58. The zero-order chi connectivity index (χ0) is 15.2. The Hall–Kier alpha value is -0.660. The molecule has 0 aromatic carbocycles. The quantitative estimate of drug-likeness (QED) is 0.698. The molecule has 20 heavy (non-hydrogen) atoms. The fourth-order valence-corrected chi connectivity index (χ4v) is 4.05. The molecule has 0 spiro atoms. The predicted octanol–water partition coefficient (Wildman–Crippen LogP) is 0.259. The van der Waals surface area contributed by atoms with E-state index in [4.69, 9.17) is 0 Å². The normalized spacial score (nSPS) is 19.5. The molecule has 0 saturated carbocycles. The third-order valence-electron chi connectivity index (χ3n) is 3.66. The van der Waals surface area contributed by atoms with Gasteiger partial charge in [0.25, 0.3) is 0 Å². The van der Waals surface area contributed by atoms with Crippen molar-refractivity contribution in [1.82, 2.24) is 14.5 Å². The summed E-state index contributed by atoms with van der Waals surface area (Å²) in [4.78, 5) is 14.1. The van der Waals surface area contributed by atoms with Crippen LogP contribution in [0.15, 0.2) is 0 Å². The monoisotopic (exact) mass is 305 g/mol. The minimum absolute atomic E-state index is 0.134. The number of rotatable bonds is 8.